The van der Waals surface area contributed by atoms with Crippen molar-refractivity contribution in [2.24, 2.45) is 5.73 Å². The van der Waals surface area contributed by atoms with Crippen molar-refractivity contribution in [3.05, 3.63) is 69.2 Å². The molecule has 0 saturated carbocycles. The van der Waals surface area contributed by atoms with Gasteiger partial charge < -0.3 is 11.1 Å². The van der Waals surface area contributed by atoms with Gasteiger partial charge >= 0.3 is 0 Å². The summed E-state index contributed by atoms with van der Waals surface area (Å²) in [5, 5.41) is 4.51. The summed E-state index contributed by atoms with van der Waals surface area (Å²) in [5.74, 6) is -0.430. The van der Waals surface area contributed by atoms with Crippen LogP contribution in [0, 0.1) is 0 Å². The molecule has 2 aromatic rings. The Morgan fingerprint density at radius 2 is 1.70 bits per heavy atom. The molecule has 0 aromatic heterocycles. The molecule has 1 amide bonds. The minimum absolute atomic E-state index is 0.430. The Labute approximate surface area is 127 Å². The highest BCUT2D eigenvalue weighted by Gasteiger charge is 2.05. The molecule has 2 aromatic carbocycles. The predicted octanol–water partition coefficient (Wildman–Crippen LogP) is 3.38. The van der Waals surface area contributed by atoms with E-state index in [1.54, 1.807) is 30.3 Å². The molecular weight excluding hydrogens is 295 g/mol. The molecule has 0 atom stereocenters. The van der Waals surface area contributed by atoms with E-state index in [0.717, 1.165) is 11.1 Å². The number of hydrogen-bond donors (Lipinski definition) is 2. The van der Waals surface area contributed by atoms with Gasteiger partial charge in [-0.2, -0.15) is 0 Å². The van der Waals surface area contributed by atoms with Gasteiger partial charge in [0.15, 0.2) is 0 Å². The highest BCUT2D eigenvalue weighted by atomic mass is 35.5. The van der Waals surface area contributed by atoms with Crippen molar-refractivity contribution in [1.29, 1.82) is 0 Å². The highest BCUT2D eigenvalue weighted by Crippen LogP contribution is 2.23. The van der Waals surface area contributed by atoms with Crippen LogP contribution in [0.3, 0.4) is 0 Å². The van der Waals surface area contributed by atoms with Gasteiger partial charge in [0.1, 0.15) is 0 Å². The summed E-state index contributed by atoms with van der Waals surface area (Å²) in [6.45, 7) is 1.15. The molecule has 0 radical (unpaired) electrons. The second-order valence-electron chi connectivity index (χ2n) is 4.37. The maximum absolute atomic E-state index is 11.1. The first kappa shape index (κ1) is 14.9. The molecule has 0 fully saturated rings. The minimum Gasteiger partial charge on any atom is -0.366 e. The van der Waals surface area contributed by atoms with Crippen molar-refractivity contribution >= 4 is 29.1 Å². The molecule has 0 bridgehead atoms. The number of halogens is 2. The molecular formula is C15H14Cl2N2O. The zero-order valence-corrected chi connectivity index (χ0v) is 12.2. The summed E-state index contributed by atoms with van der Waals surface area (Å²) in [6, 6.07) is 12.6. The molecule has 5 heteroatoms. The van der Waals surface area contributed by atoms with Crippen LogP contribution in [0.5, 0.6) is 0 Å². The first-order chi connectivity index (χ1) is 9.58. The van der Waals surface area contributed by atoms with Crippen molar-refractivity contribution in [1.82, 2.24) is 5.32 Å². The Morgan fingerprint density at radius 3 is 2.35 bits per heavy atom. The molecule has 104 valence electrons. The Kier molecular flexibility index (Phi) is 5.01. The average molecular weight is 309 g/mol. The number of hydrogen-bond acceptors (Lipinski definition) is 2. The Balaban J connectivity index is 1.99. The Hall–Kier alpha value is -1.55. The fraction of sp³-hybridized carbons (Fsp3) is 0.133. The third-order valence-corrected chi connectivity index (χ3v) is 3.61. The number of rotatable bonds is 5. The molecule has 0 spiro atoms. The van der Waals surface area contributed by atoms with Crippen LogP contribution in [0.25, 0.3) is 0 Å². The van der Waals surface area contributed by atoms with E-state index in [2.05, 4.69) is 5.32 Å². The van der Waals surface area contributed by atoms with Gasteiger partial charge in [0, 0.05) is 34.3 Å². The van der Waals surface area contributed by atoms with Gasteiger partial charge in [-0.15, -0.1) is 0 Å². The summed E-state index contributed by atoms with van der Waals surface area (Å²) in [5.41, 5.74) is 7.59. The molecule has 3 nitrogen and oxygen atoms in total. The van der Waals surface area contributed by atoms with Crippen LogP contribution in [-0.2, 0) is 13.1 Å². The van der Waals surface area contributed by atoms with Gasteiger partial charge in [0.2, 0.25) is 5.91 Å². The zero-order valence-electron chi connectivity index (χ0n) is 10.7. The zero-order chi connectivity index (χ0) is 14.5. The van der Waals surface area contributed by atoms with E-state index < -0.39 is 5.91 Å². The van der Waals surface area contributed by atoms with E-state index in [-0.39, 0.29) is 0 Å². The molecule has 3 N–H and O–H groups in total. The average Bonchev–Trinajstić information content (AvgIpc) is 2.42. The van der Waals surface area contributed by atoms with Crippen LogP contribution >= 0.6 is 23.2 Å². The first-order valence-electron chi connectivity index (χ1n) is 6.10. The molecule has 2 rings (SSSR count). The quantitative estimate of drug-likeness (QED) is 0.889. The number of benzene rings is 2. The number of nitrogens with two attached hydrogens (primary N) is 1. The third-order valence-electron chi connectivity index (χ3n) is 2.90. The van der Waals surface area contributed by atoms with Gasteiger partial charge in [0.05, 0.1) is 0 Å². The fourth-order valence-corrected chi connectivity index (χ4v) is 2.40. The van der Waals surface area contributed by atoms with E-state index in [1.165, 1.54) is 0 Å². The molecule has 0 aliphatic heterocycles. The number of amides is 1. The van der Waals surface area contributed by atoms with Crippen LogP contribution in [-0.4, -0.2) is 5.91 Å². The molecule has 0 aliphatic carbocycles. The molecule has 0 aliphatic rings. The monoisotopic (exact) mass is 308 g/mol. The Morgan fingerprint density at radius 1 is 1.05 bits per heavy atom. The molecule has 0 heterocycles. The highest BCUT2D eigenvalue weighted by molar-refractivity contribution is 6.35. The van der Waals surface area contributed by atoms with E-state index in [4.69, 9.17) is 28.9 Å². The number of carbonyl (C=O) groups excluding carboxylic acids is 1. The lowest BCUT2D eigenvalue weighted by atomic mass is 10.1. The van der Waals surface area contributed by atoms with Crippen molar-refractivity contribution in [3.63, 3.8) is 0 Å². The molecule has 20 heavy (non-hydrogen) atoms. The SMILES string of the molecule is NC(=O)c1cccc(CNCc2c(Cl)cccc2Cl)c1. The van der Waals surface area contributed by atoms with Crippen molar-refractivity contribution in [3.8, 4) is 0 Å². The standard InChI is InChI=1S/C15H14Cl2N2O/c16-13-5-2-6-14(17)12(13)9-19-8-10-3-1-4-11(7-10)15(18)20/h1-7,19H,8-9H2,(H2,18,20). The van der Waals surface area contributed by atoms with Crippen molar-refractivity contribution in [2.45, 2.75) is 13.1 Å². The molecule has 0 unspecified atom stereocenters. The van der Waals surface area contributed by atoms with Crippen LogP contribution < -0.4 is 11.1 Å². The normalized spacial score (nSPS) is 10.5. The van der Waals surface area contributed by atoms with Gasteiger partial charge in [-0.05, 0) is 29.8 Å². The van der Waals surface area contributed by atoms with Crippen molar-refractivity contribution < 1.29 is 4.79 Å². The van der Waals surface area contributed by atoms with Crippen LogP contribution in [0.2, 0.25) is 10.0 Å². The van der Waals surface area contributed by atoms with E-state index in [9.17, 15) is 4.79 Å². The predicted molar refractivity (Wildman–Crippen MR) is 82.0 cm³/mol. The maximum Gasteiger partial charge on any atom is 0.248 e. The topological polar surface area (TPSA) is 55.1 Å². The summed E-state index contributed by atoms with van der Waals surface area (Å²) < 4.78 is 0. The van der Waals surface area contributed by atoms with E-state index in [0.29, 0.717) is 28.7 Å². The summed E-state index contributed by atoms with van der Waals surface area (Å²) in [6.07, 6.45) is 0. The van der Waals surface area contributed by atoms with E-state index >= 15 is 0 Å². The molecule has 0 saturated heterocycles. The minimum atomic E-state index is -0.430. The summed E-state index contributed by atoms with van der Waals surface area (Å²) >= 11 is 12.2. The lowest BCUT2D eigenvalue weighted by Gasteiger charge is -2.09. The summed E-state index contributed by atoms with van der Waals surface area (Å²) in [4.78, 5) is 11.1. The third kappa shape index (κ3) is 3.73. The second-order valence-corrected chi connectivity index (χ2v) is 5.18. The van der Waals surface area contributed by atoms with Gasteiger partial charge in [-0.1, -0.05) is 41.4 Å². The van der Waals surface area contributed by atoms with Crippen molar-refractivity contribution in [2.75, 3.05) is 0 Å². The number of carbonyl (C=O) groups is 1. The second kappa shape index (κ2) is 6.75. The lowest BCUT2D eigenvalue weighted by molar-refractivity contribution is 0.1000. The van der Waals surface area contributed by atoms with Crippen LogP contribution in [0.1, 0.15) is 21.5 Å². The maximum atomic E-state index is 11.1. The van der Waals surface area contributed by atoms with Gasteiger partial charge in [-0.3, -0.25) is 4.79 Å². The lowest BCUT2D eigenvalue weighted by Crippen LogP contribution is -2.15. The van der Waals surface area contributed by atoms with Crippen LogP contribution in [0.4, 0.5) is 0 Å². The number of primary amides is 1. The van der Waals surface area contributed by atoms with Gasteiger partial charge in [-0.25, -0.2) is 0 Å². The van der Waals surface area contributed by atoms with Gasteiger partial charge in [0.25, 0.3) is 0 Å². The van der Waals surface area contributed by atoms with E-state index in [1.807, 2.05) is 12.1 Å². The largest absolute Gasteiger partial charge is 0.366 e. The fourth-order valence-electron chi connectivity index (χ4n) is 1.87. The first-order valence-corrected chi connectivity index (χ1v) is 6.86. The number of nitrogens with one attached hydrogen (secondary N) is 1. The smallest absolute Gasteiger partial charge is 0.248 e. The summed E-state index contributed by atoms with van der Waals surface area (Å²) in [7, 11) is 0. The Bertz CT molecular complexity index is 609. The van der Waals surface area contributed by atoms with Crippen LogP contribution in [0.15, 0.2) is 42.5 Å².